The largest absolute Gasteiger partial charge is 0.475 e. The number of rotatable bonds is 4. The lowest BCUT2D eigenvalue weighted by molar-refractivity contribution is -0.384. The summed E-state index contributed by atoms with van der Waals surface area (Å²) < 4.78 is 5.23. The SMILES string of the molecule is CC(C)c1nc(-c2cccc([N+](=O)[O-])c2)oc1C(=O)O. The average molecular weight is 276 g/mol. The second-order valence-corrected chi connectivity index (χ2v) is 4.50. The van der Waals surface area contributed by atoms with E-state index in [1.165, 1.54) is 18.2 Å². The molecule has 1 N–H and O–H groups in total. The van der Waals surface area contributed by atoms with E-state index in [0.29, 0.717) is 11.3 Å². The lowest BCUT2D eigenvalue weighted by atomic mass is 10.1. The van der Waals surface area contributed by atoms with Crippen LogP contribution in [-0.4, -0.2) is 21.0 Å². The highest BCUT2D eigenvalue weighted by Crippen LogP contribution is 2.28. The van der Waals surface area contributed by atoms with Crippen LogP contribution in [0.4, 0.5) is 5.69 Å². The van der Waals surface area contributed by atoms with Gasteiger partial charge in [0.05, 0.1) is 10.6 Å². The van der Waals surface area contributed by atoms with Crippen LogP contribution in [-0.2, 0) is 0 Å². The van der Waals surface area contributed by atoms with Crippen molar-refractivity contribution in [2.45, 2.75) is 19.8 Å². The van der Waals surface area contributed by atoms with Crippen LogP contribution in [0.5, 0.6) is 0 Å². The van der Waals surface area contributed by atoms with Crippen LogP contribution < -0.4 is 0 Å². The van der Waals surface area contributed by atoms with Gasteiger partial charge in [-0.1, -0.05) is 19.9 Å². The fourth-order valence-corrected chi connectivity index (χ4v) is 1.75. The number of nitro groups is 1. The van der Waals surface area contributed by atoms with Crippen LogP contribution in [0.1, 0.15) is 36.0 Å². The molecular formula is C13H12N2O5. The monoisotopic (exact) mass is 276 g/mol. The number of non-ortho nitro benzene ring substituents is 1. The molecule has 7 heteroatoms. The van der Waals surface area contributed by atoms with Crippen LogP contribution in [0.2, 0.25) is 0 Å². The molecule has 104 valence electrons. The third kappa shape index (κ3) is 2.51. The number of hydrogen-bond donors (Lipinski definition) is 1. The van der Waals surface area contributed by atoms with Gasteiger partial charge in [-0.15, -0.1) is 0 Å². The van der Waals surface area contributed by atoms with Crippen molar-refractivity contribution < 1.29 is 19.2 Å². The first-order valence-electron chi connectivity index (χ1n) is 5.89. The number of oxazole rings is 1. The molecule has 0 aliphatic carbocycles. The first-order valence-corrected chi connectivity index (χ1v) is 5.89. The van der Waals surface area contributed by atoms with Crippen molar-refractivity contribution in [2.24, 2.45) is 0 Å². The van der Waals surface area contributed by atoms with E-state index < -0.39 is 10.9 Å². The summed E-state index contributed by atoms with van der Waals surface area (Å²) in [5.41, 5.74) is 0.580. The van der Waals surface area contributed by atoms with Crippen molar-refractivity contribution in [3.8, 4) is 11.5 Å². The Morgan fingerprint density at radius 3 is 2.65 bits per heavy atom. The van der Waals surface area contributed by atoms with E-state index in [2.05, 4.69) is 4.98 Å². The molecule has 0 saturated carbocycles. The van der Waals surface area contributed by atoms with Gasteiger partial charge in [0, 0.05) is 17.7 Å². The summed E-state index contributed by atoms with van der Waals surface area (Å²) in [6, 6.07) is 5.71. The number of nitrogens with zero attached hydrogens (tertiary/aromatic N) is 2. The molecule has 0 bridgehead atoms. The van der Waals surface area contributed by atoms with Gasteiger partial charge in [-0.05, 0) is 12.0 Å². The number of hydrogen-bond acceptors (Lipinski definition) is 5. The van der Waals surface area contributed by atoms with Gasteiger partial charge in [0.1, 0.15) is 0 Å². The minimum absolute atomic E-state index is 0.0646. The molecular weight excluding hydrogens is 264 g/mol. The van der Waals surface area contributed by atoms with Gasteiger partial charge in [0.15, 0.2) is 0 Å². The number of carboxylic acids is 1. The number of carboxylic acid groups (broad SMARTS) is 1. The molecule has 20 heavy (non-hydrogen) atoms. The highest BCUT2D eigenvalue weighted by Gasteiger charge is 2.23. The Kier molecular flexibility index (Phi) is 3.51. The molecule has 1 aromatic heterocycles. The Balaban J connectivity index is 2.53. The molecule has 2 aromatic rings. The molecule has 0 spiro atoms. The molecule has 1 aromatic carbocycles. The molecule has 2 rings (SSSR count). The molecule has 0 unspecified atom stereocenters. The number of benzene rings is 1. The third-order valence-electron chi connectivity index (χ3n) is 2.70. The molecule has 0 atom stereocenters. The fourth-order valence-electron chi connectivity index (χ4n) is 1.75. The van der Waals surface area contributed by atoms with E-state index in [9.17, 15) is 14.9 Å². The Morgan fingerprint density at radius 2 is 2.15 bits per heavy atom. The van der Waals surface area contributed by atoms with E-state index in [1.54, 1.807) is 19.9 Å². The minimum atomic E-state index is -1.21. The van der Waals surface area contributed by atoms with Gasteiger partial charge < -0.3 is 9.52 Å². The summed E-state index contributed by atoms with van der Waals surface area (Å²) in [7, 11) is 0. The molecule has 7 nitrogen and oxygen atoms in total. The van der Waals surface area contributed by atoms with Crippen LogP contribution in [0.25, 0.3) is 11.5 Å². The van der Waals surface area contributed by atoms with E-state index in [0.717, 1.165) is 0 Å². The van der Waals surface area contributed by atoms with E-state index in [1.807, 2.05) is 0 Å². The van der Waals surface area contributed by atoms with Gasteiger partial charge in [-0.25, -0.2) is 9.78 Å². The lowest BCUT2D eigenvalue weighted by Crippen LogP contribution is -2.01. The second-order valence-electron chi connectivity index (χ2n) is 4.50. The minimum Gasteiger partial charge on any atom is -0.475 e. The van der Waals surface area contributed by atoms with E-state index >= 15 is 0 Å². The number of aromatic nitrogens is 1. The van der Waals surface area contributed by atoms with Crippen LogP contribution in [0.3, 0.4) is 0 Å². The standard InChI is InChI=1S/C13H12N2O5/c1-7(2)10-11(13(16)17)20-12(14-10)8-4-3-5-9(6-8)15(18)19/h3-7H,1-2H3,(H,16,17). The number of nitro benzene ring substituents is 1. The second kappa shape index (κ2) is 5.12. The Hall–Kier alpha value is -2.70. The molecule has 0 saturated heterocycles. The normalized spacial score (nSPS) is 10.8. The zero-order valence-electron chi connectivity index (χ0n) is 10.9. The van der Waals surface area contributed by atoms with Crippen molar-refractivity contribution in [2.75, 3.05) is 0 Å². The summed E-state index contributed by atoms with van der Waals surface area (Å²) >= 11 is 0. The summed E-state index contributed by atoms with van der Waals surface area (Å²) in [5, 5.41) is 19.8. The maximum atomic E-state index is 11.1. The Morgan fingerprint density at radius 1 is 1.45 bits per heavy atom. The Labute approximate surface area is 114 Å². The smallest absolute Gasteiger partial charge is 0.373 e. The first kappa shape index (κ1) is 13.7. The van der Waals surface area contributed by atoms with Crippen LogP contribution in [0, 0.1) is 10.1 Å². The van der Waals surface area contributed by atoms with Crippen molar-refractivity contribution in [3.05, 3.63) is 45.8 Å². The van der Waals surface area contributed by atoms with Gasteiger partial charge in [-0.3, -0.25) is 10.1 Å². The summed E-state index contributed by atoms with van der Waals surface area (Å²) in [6.07, 6.45) is 0. The van der Waals surface area contributed by atoms with Gasteiger partial charge in [0.2, 0.25) is 11.7 Å². The molecule has 0 aliphatic rings. The fraction of sp³-hybridized carbons (Fsp3) is 0.231. The zero-order chi connectivity index (χ0) is 14.9. The quantitative estimate of drug-likeness (QED) is 0.679. The molecule has 1 heterocycles. The van der Waals surface area contributed by atoms with E-state index in [4.69, 9.17) is 9.52 Å². The molecule has 0 aliphatic heterocycles. The van der Waals surface area contributed by atoms with Gasteiger partial charge >= 0.3 is 5.97 Å². The van der Waals surface area contributed by atoms with Crippen molar-refractivity contribution in [1.29, 1.82) is 0 Å². The summed E-state index contributed by atoms with van der Waals surface area (Å²) in [4.78, 5) is 25.4. The lowest BCUT2D eigenvalue weighted by Gasteiger charge is -1.98. The van der Waals surface area contributed by atoms with Crippen LogP contribution in [0.15, 0.2) is 28.7 Å². The number of carbonyl (C=O) groups is 1. The third-order valence-corrected chi connectivity index (χ3v) is 2.70. The van der Waals surface area contributed by atoms with Crippen molar-refractivity contribution in [3.63, 3.8) is 0 Å². The van der Waals surface area contributed by atoms with E-state index in [-0.39, 0.29) is 23.3 Å². The maximum absolute atomic E-state index is 11.1. The molecule has 0 amide bonds. The zero-order valence-corrected chi connectivity index (χ0v) is 10.9. The number of aromatic carboxylic acids is 1. The predicted molar refractivity (Wildman–Crippen MR) is 69.6 cm³/mol. The first-order chi connectivity index (χ1) is 9.40. The van der Waals surface area contributed by atoms with Crippen LogP contribution >= 0.6 is 0 Å². The summed E-state index contributed by atoms with van der Waals surface area (Å²) in [6.45, 7) is 3.59. The average Bonchev–Trinajstić information content (AvgIpc) is 2.84. The molecule has 0 fully saturated rings. The predicted octanol–water partition coefficient (Wildman–Crippen LogP) is 3.07. The molecule has 0 radical (unpaired) electrons. The van der Waals surface area contributed by atoms with Crippen molar-refractivity contribution in [1.82, 2.24) is 4.98 Å². The van der Waals surface area contributed by atoms with Gasteiger partial charge in [-0.2, -0.15) is 0 Å². The Bertz CT molecular complexity index is 675. The summed E-state index contributed by atoms with van der Waals surface area (Å²) in [5.74, 6) is -1.51. The maximum Gasteiger partial charge on any atom is 0.373 e. The highest BCUT2D eigenvalue weighted by molar-refractivity contribution is 5.86. The van der Waals surface area contributed by atoms with Gasteiger partial charge in [0.25, 0.3) is 5.69 Å². The van der Waals surface area contributed by atoms with Crippen molar-refractivity contribution >= 4 is 11.7 Å². The topological polar surface area (TPSA) is 106 Å². The highest BCUT2D eigenvalue weighted by atomic mass is 16.6.